The Morgan fingerprint density at radius 2 is 1.81 bits per heavy atom. The average Bonchev–Trinajstić information content (AvgIpc) is 3.04. The number of ether oxygens (including phenoxy) is 2. The topological polar surface area (TPSA) is 72.9 Å². The second-order valence-electron chi connectivity index (χ2n) is 5.79. The fourth-order valence-electron chi connectivity index (χ4n) is 2.75. The number of esters is 2. The maximum atomic E-state index is 12.4. The Labute approximate surface area is 155 Å². The van der Waals surface area contributed by atoms with Crippen molar-refractivity contribution in [1.82, 2.24) is 0 Å². The third-order valence-electron chi connectivity index (χ3n) is 4.10. The minimum Gasteiger partial charge on any atom is -0.465 e. The zero-order chi connectivity index (χ0) is 18.7. The Morgan fingerprint density at radius 1 is 1.12 bits per heavy atom. The molecule has 1 unspecified atom stereocenters. The molecule has 0 aliphatic carbocycles. The number of para-hydroxylation sites is 1. The normalized spacial score (nSPS) is 16.5. The summed E-state index contributed by atoms with van der Waals surface area (Å²) in [7, 11) is 1.29. The predicted octanol–water partition coefficient (Wildman–Crippen LogP) is 3.09. The van der Waals surface area contributed by atoms with E-state index in [1.165, 1.54) is 36.3 Å². The van der Waals surface area contributed by atoms with Crippen molar-refractivity contribution >= 4 is 35.1 Å². The molecule has 1 aliphatic heterocycles. The first-order valence-corrected chi connectivity index (χ1v) is 8.32. The molecule has 0 bridgehead atoms. The van der Waals surface area contributed by atoms with Gasteiger partial charge in [-0.25, -0.2) is 4.79 Å². The molecule has 0 radical (unpaired) electrons. The average molecular weight is 374 g/mol. The molecule has 1 atom stereocenters. The van der Waals surface area contributed by atoms with Gasteiger partial charge in [-0.15, -0.1) is 0 Å². The van der Waals surface area contributed by atoms with Crippen molar-refractivity contribution in [3.63, 3.8) is 0 Å². The minimum atomic E-state index is -0.584. The predicted molar refractivity (Wildman–Crippen MR) is 95.3 cm³/mol. The summed E-state index contributed by atoms with van der Waals surface area (Å²) in [5, 5.41) is 0.452. The highest BCUT2D eigenvalue weighted by atomic mass is 35.5. The van der Waals surface area contributed by atoms with E-state index in [-0.39, 0.29) is 18.9 Å². The molecule has 134 valence electrons. The van der Waals surface area contributed by atoms with E-state index in [1.807, 2.05) is 0 Å². The molecule has 1 heterocycles. The molecule has 0 saturated carbocycles. The Bertz CT molecular complexity index is 849. The summed E-state index contributed by atoms with van der Waals surface area (Å²) in [5.41, 5.74) is 0.935. The minimum absolute atomic E-state index is 0.0598. The van der Waals surface area contributed by atoms with Crippen LogP contribution in [0.1, 0.15) is 16.8 Å². The van der Waals surface area contributed by atoms with E-state index in [0.29, 0.717) is 22.0 Å². The van der Waals surface area contributed by atoms with Gasteiger partial charge in [0, 0.05) is 13.0 Å². The zero-order valence-corrected chi connectivity index (χ0v) is 14.7. The largest absolute Gasteiger partial charge is 0.465 e. The van der Waals surface area contributed by atoms with Crippen LogP contribution in [0.25, 0.3) is 0 Å². The number of amides is 1. The van der Waals surface area contributed by atoms with Crippen LogP contribution >= 0.6 is 11.6 Å². The fourth-order valence-corrected chi connectivity index (χ4v) is 2.98. The first-order valence-electron chi connectivity index (χ1n) is 7.94. The number of anilines is 1. The van der Waals surface area contributed by atoms with E-state index < -0.39 is 17.9 Å². The van der Waals surface area contributed by atoms with Crippen LogP contribution < -0.4 is 9.64 Å². The number of methoxy groups -OCH3 is 1. The summed E-state index contributed by atoms with van der Waals surface area (Å²) >= 11 is 6.13. The lowest BCUT2D eigenvalue weighted by Gasteiger charge is -2.17. The van der Waals surface area contributed by atoms with Crippen LogP contribution in [0, 0.1) is 5.92 Å². The van der Waals surface area contributed by atoms with Crippen LogP contribution in [0.3, 0.4) is 0 Å². The van der Waals surface area contributed by atoms with Gasteiger partial charge in [-0.2, -0.15) is 0 Å². The van der Waals surface area contributed by atoms with E-state index in [2.05, 4.69) is 4.74 Å². The summed E-state index contributed by atoms with van der Waals surface area (Å²) in [6.45, 7) is 0.210. The van der Waals surface area contributed by atoms with Crippen molar-refractivity contribution in [3.05, 3.63) is 59.1 Å². The van der Waals surface area contributed by atoms with Gasteiger partial charge in [-0.05, 0) is 36.4 Å². The van der Waals surface area contributed by atoms with Crippen LogP contribution in [0.2, 0.25) is 5.02 Å². The van der Waals surface area contributed by atoms with Gasteiger partial charge >= 0.3 is 11.9 Å². The highest BCUT2D eigenvalue weighted by Gasteiger charge is 2.37. The van der Waals surface area contributed by atoms with Gasteiger partial charge in [-0.1, -0.05) is 23.7 Å². The molecule has 0 N–H and O–H groups in total. The number of halogens is 1. The Kier molecular flexibility index (Phi) is 5.23. The van der Waals surface area contributed by atoms with Crippen molar-refractivity contribution in [2.24, 2.45) is 5.92 Å². The molecule has 2 aromatic carbocycles. The molecule has 7 heteroatoms. The number of benzene rings is 2. The first kappa shape index (κ1) is 17.9. The summed E-state index contributed by atoms with van der Waals surface area (Å²) < 4.78 is 9.94. The molecular formula is C19H16ClNO5. The number of rotatable bonds is 4. The molecule has 6 nitrogen and oxygen atoms in total. The van der Waals surface area contributed by atoms with Crippen molar-refractivity contribution in [3.8, 4) is 5.75 Å². The Balaban J connectivity index is 1.67. The summed E-state index contributed by atoms with van der Waals surface area (Å²) in [6.07, 6.45) is 0.0598. The molecule has 26 heavy (non-hydrogen) atoms. The van der Waals surface area contributed by atoms with Gasteiger partial charge in [0.2, 0.25) is 5.91 Å². The molecule has 0 aromatic heterocycles. The van der Waals surface area contributed by atoms with E-state index >= 15 is 0 Å². The van der Waals surface area contributed by atoms with Crippen molar-refractivity contribution in [2.75, 3.05) is 18.6 Å². The zero-order valence-electron chi connectivity index (χ0n) is 14.0. The first-order chi connectivity index (χ1) is 12.5. The summed E-state index contributed by atoms with van der Waals surface area (Å²) in [4.78, 5) is 37.5. The van der Waals surface area contributed by atoms with Crippen molar-refractivity contribution < 1.29 is 23.9 Å². The van der Waals surface area contributed by atoms with Crippen LogP contribution in [-0.4, -0.2) is 31.5 Å². The molecule has 0 spiro atoms. The molecule has 1 saturated heterocycles. The van der Waals surface area contributed by atoms with Crippen LogP contribution in [-0.2, 0) is 14.3 Å². The van der Waals surface area contributed by atoms with Crippen LogP contribution in [0.5, 0.6) is 5.75 Å². The van der Waals surface area contributed by atoms with Crippen molar-refractivity contribution in [1.29, 1.82) is 0 Å². The number of carbonyl (C=O) groups is 3. The standard InChI is InChI=1S/C19H16ClNO5/c1-25-18(23)12-6-8-14(9-7-12)26-19(24)13-10-17(22)21(11-13)16-5-3-2-4-15(16)20/h2-9,13H,10-11H2,1H3. The third kappa shape index (κ3) is 3.70. The molecule has 1 fully saturated rings. The maximum absolute atomic E-state index is 12.4. The van der Waals surface area contributed by atoms with Gasteiger partial charge < -0.3 is 14.4 Å². The molecule has 3 rings (SSSR count). The monoisotopic (exact) mass is 373 g/mol. The summed E-state index contributed by atoms with van der Waals surface area (Å²) in [6, 6.07) is 13.0. The lowest BCUT2D eigenvalue weighted by Crippen LogP contribution is -2.27. The SMILES string of the molecule is COC(=O)c1ccc(OC(=O)C2CC(=O)N(c3ccccc3Cl)C2)cc1. The second kappa shape index (κ2) is 7.58. The fraction of sp³-hybridized carbons (Fsp3) is 0.211. The van der Waals surface area contributed by atoms with E-state index in [4.69, 9.17) is 16.3 Å². The lowest BCUT2D eigenvalue weighted by molar-refractivity contribution is -0.139. The molecular weight excluding hydrogens is 358 g/mol. The molecule has 1 amide bonds. The molecule has 1 aliphatic rings. The quantitative estimate of drug-likeness (QED) is 0.608. The number of carbonyl (C=O) groups excluding carboxylic acids is 3. The van der Waals surface area contributed by atoms with E-state index in [1.54, 1.807) is 24.3 Å². The number of hydrogen-bond donors (Lipinski definition) is 0. The summed E-state index contributed by atoms with van der Waals surface area (Å²) in [5.74, 6) is -1.44. The smallest absolute Gasteiger partial charge is 0.337 e. The second-order valence-corrected chi connectivity index (χ2v) is 6.20. The van der Waals surface area contributed by atoms with E-state index in [0.717, 1.165) is 0 Å². The highest BCUT2D eigenvalue weighted by Crippen LogP contribution is 2.31. The van der Waals surface area contributed by atoms with Crippen LogP contribution in [0.15, 0.2) is 48.5 Å². The van der Waals surface area contributed by atoms with Gasteiger partial charge in [0.1, 0.15) is 5.75 Å². The van der Waals surface area contributed by atoms with Gasteiger partial charge in [-0.3, -0.25) is 9.59 Å². The maximum Gasteiger partial charge on any atom is 0.337 e. The van der Waals surface area contributed by atoms with Crippen molar-refractivity contribution in [2.45, 2.75) is 6.42 Å². The van der Waals surface area contributed by atoms with Gasteiger partial charge in [0.15, 0.2) is 0 Å². The van der Waals surface area contributed by atoms with E-state index in [9.17, 15) is 14.4 Å². The molecule has 2 aromatic rings. The Hall–Kier alpha value is -2.86. The third-order valence-corrected chi connectivity index (χ3v) is 4.42. The Morgan fingerprint density at radius 3 is 2.46 bits per heavy atom. The highest BCUT2D eigenvalue weighted by molar-refractivity contribution is 6.33. The number of nitrogens with zero attached hydrogens (tertiary/aromatic N) is 1. The van der Waals surface area contributed by atoms with Gasteiger partial charge in [0.05, 0.1) is 29.3 Å². The van der Waals surface area contributed by atoms with Gasteiger partial charge in [0.25, 0.3) is 0 Å². The lowest BCUT2D eigenvalue weighted by atomic mass is 10.1. The number of hydrogen-bond acceptors (Lipinski definition) is 5. The van der Waals surface area contributed by atoms with Crippen LogP contribution in [0.4, 0.5) is 5.69 Å².